The Morgan fingerprint density at radius 2 is 1.80 bits per heavy atom. The first-order valence-corrected chi connectivity index (χ1v) is 7.61. The fraction of sp³-hybridized carbons (Fsp3) is 0.105. The van der Waals surface area contributed by atoms with Crippen LogP contribution in [0.2, 0.25) is 0 Å². The van der Waals surface area contributed by atoms with Gasteiger partial charge in [-0.2, -0.15) is 5.10 Å². The van der Waals surface area contributed by atoms with Crippen LogP contribution in [0.5, 0.6) is 11.5 Å². The molecule has 0 aliphatic rings. The lowest BCUT2D eigenvalue weighted by Gasteiger charge is -2.08. The molecule has 0 aliphatic heterocycles. The topological polar surface area (TPSA) is 66.2 Å². The third kappa shape index (κ3) is 3.74. The van der Waals surface area contributed by atoms with Gasteiger partial charge >= 0.3 is 0 Å². The molecule has 2 aromatic carbocycles. The van der Waals surface area contributed by atoms with E-state index in [0.717, 1.165) is 11.3 Å². The van der Waals surface area contributed by atoms with Gasteiger partial charge in [-0.3, -0.25) is 4.79 Å². The van der Waals surface area contributed by atoms with E-state index in [1.807, 2.05) is 24.3 Å². The van der Waals surface area contributed by atoms with Crippen LogP contribution in [-0.4, -0.2) is 34.8 Å². The maximum atomic E-state index is 12.3. The van der Waals surface area contributed by atoms with E-state index >= 15 is 0 Å². The van der Waals surface area contributed by atoms with Crippen molar-refractivity contribution in [2.75, 3.05) is 14.2 Å². The second-order valence-electron chi connectivity index (χ2n) is 5.20. The Kier molecular flexibility index (Phi) is 4.89. The first-order chi connectivity index (χ1) is 12.2. The number of aromatic nitrogens is 3. The molecule has 0 spiro atoms. The van der Waals surface area contributed by atoms with Gasteiger partial charge in [0.15, 0.2) is 17.3 Å². The van der Waals surface area contributed by atoms with Crippen molar-refractivity contribution in [1.82, 2.24) is 14.8 Å². The first kappa shape index (κ1) is 16.4. The summed E-state index contributed by atoms with van der Waals surface area (Å²) in [6.07, 6.45) is 6.41. The Hall–Kier alpha value is -3.41. The van der Waals surface area contributed by atoms with Gasteiger partial charge in [-0.05, 0) is 42.0 Å². The third-order valence-electron chi connectivity index (χ3n) is 3.67. The van der Waals surface area contributed by atoms with Crippen LogP contribution in [0.15, 0.2) is 61.2 Å². The third-order valence-corrected chi connectivity index (χ3v) is 3.67. The second-order valence-corrected chi connectivity index (χ2v) is 5.20. The minimum atomic E-state index is -0.110. The van der Waals surface area contributed by atoms with E-state index < -0.39 is 0 Å². The van der Waals surface area contributed by atoms with Crippen molar-refractivity contribution >= 4 is 11.9 Å². The fourth-order valence-electron chi connectivity index (χ4n) is 2.34. The molecule has 0 atom stereocenters. The minimum absolute atomic E-state index is 0.110. The van der Waals surface area contributed by atoms with Gasteiger partial charge in [0.2, 0.25) is 0 Å². The number of allylic oxidation sites excluding steroid dienone is 1. The Morgan fingerprint density at radius 1 is 1.04 bits per heavy atom. The van der Waals surface area contributed by atoms with Crippen molar-refractivity contribution < 1.29 is 14.3 Å². The SMILES string of the molecule is COc1ccc(C(=O)/C=C/c2ccc(-n3cncn3)cc2)cc1OC. The lowest BCUT2D eigenvalue weighted by atomic mass is 10.1. The van der Waals surface area contributed by atoms with Crippen LogP contribution in [0, 0.1) is 0 Å². The molecule has 0 amide bonds. The summed E-state index contributed by atoms with van der Waals surface area (Å²) in [5, 5.41) is 4.07. The zero-order chi connectivity index (χ0) is 17.6. The summed E-state index contributed by atoms with van der Waals surface area (Å²) in [6.45, 7) is 0. The molecule has 0 aliphatic carbocycles. The van der Waals surface area contributed by atoms with Crippen LogP contribution < -0.4 is 9.47 Å². The maximum Gasteiger partial charge on any atom is 0.185 e. The molecule has 3 aromatic rings. The standard InChI is InChI=1S/C19H17N3O3/c1-24-18-10-6-15(11-19(18)25-2)17(23)9-5-14-3-7-16(8-4-14)22-13-20-12-21-22/h3-13H,1-2H3/b9-5+. The molecular formula is C19H17N3O3. The number of benzene rings is 2. The van der Waals surface area contributed by atoms with Crippen molar-refractivity contribution in [3.63, 3.8) is 0 Å². The molecular weight excluding hydrogens is 318 g/mol. The molecule has 0 radical (unpaired) electrons. The molecule has 6 heteroatoms. The van der Waals surface area contributed by atoms with Gasteiger partial charge in [-0.1, -0.05) is 18.2 Å². The minimum Gasteiger partial charge on any atom is -0.493 e. The molecule has 1 aromatic heterocycles. The molecule has 3 rings (SSSR count). The molecule has 1 heterocycles. The largest absolute Gasteiger partial charge is 0.493 e. The number of hydrogen-bond donors (Lipinski definition) is 0. The molecule has 0 bridgehead atoms. The van der Waals surface area contributed by atoms with Crippen LogP contribution in [0.1, 0.15) is 15.9 Å². The zero-order valence-corrected chi connectivity index (χ0v) is 13.9. The summed E-state index contributed by atoms with van der Waals surface area (Å²) in [5.74, 6) is 1.01. The van der Waals surface area contributed by atoms with Crippen molar-refractivity contribution in [2.24, 2.45) is 0 Å². The molecule has 25 heavy (non-hydrogen) atoms. The van der Waals surface area contributed by atoms with Gasteiger partial charge < -0.3 is 9.47 Å². The molecule has 0 saturated carbocycles. The molecule has 126 valence electrons. The van der Waals surface area contributed by atoms with Crippen LogP contribution >= 0.6 is 0 Å². The summed E-state index contributed by atoms with van der Waals surface area (Å²) in [4.78, 5) is 16.2. The summed E-state index contributed by atoms with van der Waals surface area (Å²) in [6, 6.07) is 12.7. The summed E-state index contributed by atoms with van der Waals surface area (Å²) in [5.41, 5.74) is 2.35. The van der Waals surface area contributed by atoms with Gasteiger partial charge in [-0.15, -0.1) is 0 Å². The Morgan fingerprint density at radius 3 is 2.44 bits per heavy atom. The highest BCUT2D eigenvalue weighted by Crippen LogP contribution is 2.27. The molecule has 0 fully saturated rings. The molecule has 0 N–H and O–H groups in total. The van der Waals surface area contributed by atoms with Crippen molar-refractivity contribution in [1.29, 1.82) is 0 Å². The van der Waals surface area contributed by atoms with E-state index in [4.69, 9.17) is 9.47 Å². The number of carbonyl (C=O) groups excluding carboxylic acids is 1. The van der Waals surface area contributed by atoms with Gasteiger partial charge in [0.1, 0.15) is 12.7 Å². The smallest absolute Gasteiger partial charge is 0.185 e. The van der Waals surface area contributed by atoms with E-state index in [1.165, 1.54) is 12.4 Å². The van der Waals surface area contributed by atoms with E-state index in [-0.39, 0.29) is 5.78 Å². The van der Waals surface area contributed by atoms with Crippen LogP contribution in [0.4, 0.5) is 0 Å². The lowest BCUT2D eigenvalue weighted by Crippen LogP contribution is -1.97. The van der Waals surface area contributed by atoms with E-state index in [9.17, 15) is 4.79 Å². The van der Waals surface area contributed by atoms with Gasteiger partial charge in [0.05, 0.1) is 19.9 Å². The van der Waals surface area contributed by atoms with Crippen LogP contribution in [0.25, 0.3) is 11.8 Å². The quantitative estimate of drug-likeness (QED) is 0.511. The van der Waals surface area contributed by atoms with Crippen LogP contribution in [0.3, 0.4) is 0 Å². The second kappa shape index (κ2) is 7.44. The fourth-order valence-corrected chi connectivity index (χ4v) is 2.34. The molecule has 0 saturated heterocycles. The normalized spacial score (nSPS) is 10.8. The number of methoxy groups -OCH3 is 2. The lowest BCUT2D eigenvalue weighted by molar-refractivity contribution is 0.104. The Bertz CT molecular complexity index is 885. The number of hydrogen-bond acceptors (Lipinski definition) is 5. The summed E-state index contributed by atoms with van der Waals surface area (Å²) in [7, 11) is 3.10. The maximum absolute atomic E-state index is 12.3. The number of ether oxygens (including phenoxy) is 2. The van der Waals surface area contributed by atoms with E-state index in [1.54, 1.807) is 49.5 Å². The van der Waals surface area contributed by atoms with Crippen molar-refractivity contribution in [2.45, 2.75) is 0 Å². The average molecular weight is 335 g/mol. The van der Waals surface area contributed by atoms with Gasteiger partial charge in [0.25, 0.3) is 0 Å². The average Bonchev–Trinajstić information content (AvgIpc) is 3.20. The van der Waals surface area contributed by atoms with Crippen LogP contribution in [-0.2, 0) is 0 Å². The highest BCUT2D eigenvalue weighted by atomic mass is 16.5. The Labute approximate surface area is 145 Å². The monoisotopic (exact) mass is 335 g/mol. The molecule has 0 unspecified atom stereocenters. The number of nitrogens with zero attached hydrogens (tertiary/aromatic N) is 3. The highest BCUT2D eigenvalue weighted by molar-refractivity contribution is 6.07. The van der Waals surface area contributed by atoms with E-state index in [2.05, 4.69) is 10.1 Å². The predicted molar refractivity (Wildman–Crippen MR) is 94.3 cm³/mol. The van der Waals surface area contributed by atoms with E-state index in [0.29, 0.717) is 17.1 Å². The van der Waals surface area contributed by atoms with Crippen molar-refractivity contribution in [3.8, 4) is 17.2 Å². The van der Waals surface area contributed by atoms with Gasteiger partial charge in [0, 0.05) is 5.56 Å². The molecule has 6 nitrogen and oxygen atoms in total. The number of ketones is 1. The zero-order valence-electron chi connectivity index (χ0n) is 13.9. The Balaban J connectivity index is 1.74. The summed E-state index contributed by atoms with van der Waals surface area (Å²) >= 11 is 0. The summed E-state index contributed by atoms with van der Waals surface area (Å²) < 4.78 is 12.1. The van der Waals surface area contributed by atoms with Gasteiger partial charge in [-0.25, -0.2) is 9.67 Å². The highest BCUT2D eigenvalue weighted by Gasteiger charge is 2.08. The number of rotatable bonds is 6. The number of carbonyl (C=O) groups is 1. The van der Waals surface area contributed by atoms with Crippen molar-refractivity contribution in [3.05, 3.63) is 72.3 Å². The predicted octanol–water partition coefficient (Wildman–Crippen LogP) is 3.18. The first-order valence-electron chi connectivity index (χ1n) is 7.61.